The van der Waals surface area contributed by atoms with E-state index in [4.69, 9.17) is 11.6 Å². The van der Waals surface area contributed by atoms with Crippen LogP contribution in [0.2, 0.25) is 5.02 Å². The van der Waals surface area contributed by atoms with E-state index in [1.807, 2.05) is 19.1 Å². The summed E-state index contributed by atoms with van der Waals surface area (Å²) in [6.45, 7) is 2.57. The number of alkyl halides is 3. The van der Waals surface area contributed by atoms with Crippen LogP contribution in [0, 0.1) is 18.8 Å². The number of aromatic nitrogens is 1. The van der Waals surface area contributed by atoms with Gasteiger partial charge in [0.1, 0.15) is 5.69 Å². The first-order valence-corrected chi connectivity index (χ1v) is 12.3. The molecule has 1 N–H and O–H groups in total. The fourth-order valence-corrected chi connectivity index (χ4v) is 5.83. The van der Waals surface area contributed by atoms with Crippen molar-refractivity contribution in [3.63, 3.8) is 0 Å². The van der Waals surface area contributed by atoms with Gasteiger partial charge in [0.05, 0.1) is 21.5 Å². The molecule has 2 aliphatic rings. The fourth-order valence-electron chi connectivity index (χ4n) is 4.74. The van der Waals surface area contributed by atoms with Crippen molar-refractivity contribution >= 4 is 34.8 Å². The normalized spacial score (nSPS) is 21.1. The lowest BCUT2D eigenvalue weighted by Gasteiger charge is -2.27. The molecule has 1 aliphatic carbocycles. The van der Waals surface area contributed by atoms with Crippen LogP contribution in [0.1, 0.15) is 37.8 Å². The van der Waals surface area contributed by atoms with E-state index in [-0.39, 0.29) is 30.0 Å². The third-order valence-electron chi connectivity index (χ3n) is 6.51. The van der Waals surface area contributed by atoms with E-state index in [2.05, 4.69) is 10.3 Å². The first kappa shape index (κ1) is 23.8. The zero-order valence-electron chi connectivity index (χ0n) is 18.6. The summed E-state index contributed by atoms with van der Waals surface area (Å²) in [6, 6.07) is 11.3. The Hall–Kier alpha value is -2.91. The van der Waals surface area contributed by atoms with E-state index in [1.165, 1.54) is 23.5 Å². The Labute approximate surface area is 208 Å². The second-order valence-electron chi connectivity index (χ2n) is 8.89. The van der Waals surface area contributed by atoms with Crippen LogP contribution in [0.25, 0.3) is 10.4 Å². The van der Waals surface area contributed by atoms with Crippen LogP contribution in [0.15, 0.2) is 48.5 Å². The summed E-state index contributed by atoms with van der Waals surface area (Å²) in [4.78, 5) is 33.2. The third kappa shape index (κ3) is 4.79. The van der Waals surface area contributed by atoms with Gasteiger partial charge >= 0.3 is 6.18 Å². The lowest BCUT2D eigenvalue weighted by molar-refractivity contribution is -0.137. The molecule has 1 aliphatic heterocycles. The highest BCUT2D eigenvalue weighted by molar-refractivity contribution is 7.15. The van der Waals surface area contributed by atoms with Crippen LogP contribution in [0.4, 0.5) is 13.2 Å². The maximum Gasteiger partial charge on any atom is 0.416 e. The van der Waals surface area contributed by atoms with Gasteiger partial charge in [-0.1, -0.05) is 29.8 Å². The number of carbonyl (C=O) groups is 2. The molecular weight excluding hydrogens is 499 g/mol. The maximum atomic E-state index is 13.6. The molecule has 5 nitrogen and oxygen atoms in total. The highest BCUT2D eigenvalue weighted by Gasteiger charge is 2.54. The Balaban J connectivity index is 1.34. The summed E-state index contributed by atoms with van der Waals surface area (Å²) >= 11 is 7.57. The number of piperidine rings is 1. The minimum absolute atomic E-state index is 0.0681. The lowest BCUT2D eigenvalue weighted by Crippen LogP contribution is -2.45. The molecule has 182 valence electrons. The molecule has 3 aromatic rings. The standard InChI is InChI=1S/C25H21ClF3N3O2S/c1-13-31-21(22(35-13)14-4-3-7-18(26)9-14)24(34)32-12-16-10-19(16)20(32)11-30-23(33)15-5-2-6-17(8-15)25(27,28)29/h2-9,16,19-20H,10-12H2,1H3,(H,30,33)/t16?,19-,20+/m0/s1. The molecule has 2 fully saturated rings. The molecule has 10 heteroatoms. The summed E-state index contributed by atoms with van der Waals surface area (Å²) in [5, 5.41) is 4.05. The number of hydrogen-bond donors (Lipinski definition) is 1. The van der Waals surface area contributed by atoms with E-state index < -0.39 is 17.6 Å². The second-order valence-corrected chi connectivity index (χ2v) is 10.5. The zero-order valence-corrected chi connectivity index (χ0v) is 20.2. The van der Waals surface area contributed by atoms with Crippen molar-refractivity contribution in [2.45, 2.75) is 25.6 Å². The van der Waals surface area contributed by atoms with Crippen LogP contribution in [-0.2, 0) is 6.18 Å². The Kier molecular flexibility index (Phi) is 6.09. The molecule has 1 saturated carbocycles. The molecule has 0 spiro atoms. The Bertz CT molecular complexity index is 1310. The first-order chi connectivity index (χ1) is 16.6. The number of benzene rings is 2. The highest BCUT2D eigenvalue weighted by atomic mass is 35.5. The molecular formula is C25H21ClF3N3O2S. The average Bonchev–Trinajstić information content (AvgIpc) is 3.33. The van der Waals surface area contributed by atoms with Crippen LogP contribution < -0.4 is 5.32 Å². The van der Waals surface area contributed by atoms with Crippen molar-refractivity contribution in [1.29, 1.82) is 0 Å². The number of likely N-dealkylation sites (tertiary alicyclic amines) is 1. The summed E-state index contributed by atoms with van der Waals surface area (Å²) in [5.41, 5.74) is 0.217. The molecule has 2 amide bonds. The number of amides is 2. The molecule has 0 radical (unpaired) electrons. The molecule has 2 aromatic carbocycles. The minimum atomic E-state index is -4.53. The summed E-state index contributed by atoms with van der Waals surface area (Å²) in [6.07, 6.45) is -3.57. The smallest absolute Gasteiger partial charge is 0.350 e. The predicted molar refractivity (Wildman–Crippen MR) is 127 cm³/mol. The lowest BCUT2D eigenvalue weighted by atomic mass is 10.1. The summed E-state index contributed by atoms with van der Waals surface area (Å²) < 4.78 is 39.0. The fraction of sp³-hybridized carbons (Fsp3) is 0.320. The summed E-state index contributed by atoms with van der Waals surface area (Å²) in [5.74, 6) is -0.189. The number of thiazole rings is 1. The van der Waals surface area contributed by atoms with Gasteiger partial charge in [0.25, 0.3) is 11.8 Å². The van der Waals surface area contributed by atoms with Gasteiger partial charge in [-0.25, -0.2) is 4.98 Å². The van der Waals surface area contributed by atoms with Gasteiger partial charge in [-0.05, 0) is 61.1 Å². The van der Waals surface area contributed by atoms with Crippen molar-refractivity contribution in [1.82, 2.24) is 15.2 Å². The van der Waals surface area contributed by atoms with Gasteiger partial charge in [0, 0.05) is 23.7 Å². The third-order valence-corrected chi connectivity index (χ3v) is 7.77. The number of hydrogen-bond acceptors (Lipinski definition) is 4. The van der Waals surface area contributed by atoms with Gasteiger partial charge in [-0.15, -0.1) is 11.3 Å². The van der Waals surface area contributed by atoms with Crippen molar-refractivity contribution in [2.24, 2.45) is 11.8 Å². The molecule has 1 aromatic heterocycles. The minimum Gasteiger partial charge on any atom is -0.350 e. The average molecular weight is 520 g/mol. The number of nitrogens with zero attached hydrogens (tertiary/aromatic N) is 2. The van der Waals surface area contributed by atoms with Crippen molar-refractivity contribution < 1.29 is 22.8 Å². The van der Waals surface area contributed by atoms with Crippen LogP contribution in [-0.4, -0.2) is 40.8 Å². The first-order valence-electron chi connectivity index (χ1n) is 11.1. The molecule has 2 heterocycles. The van der Waals surface area contributed by atoms with Crippen LogP contribution in [0.3, 0.4) is 0 Å². The van der Waals surface area contributed by atoms with Gasteiger partial charge < -0.3 is 10.2 Å². The molecule has 35 heavy (non-hydrogen) atoms. The topological polar surface area (TPSA) is 62.3 Å². The number of carbonyl (C=O) groups excluding carboxylic acids is 2. The molecule has 3 atom stereocenters. The molecule has 0 bridgehead atoms. The maximum absolute atomic E-state index is 13.6. The number of halogens is 4. The van der Waals surface area contributed by atoms with Crippen molar-refractivity contribution in [2.75, 3.05) is 13.1 Å². The highest BCUT2D eigenvalue weighted by Crippen LogP contribution is 2.50. The molecule has 5 rings (SSSR count). The van der Waals surface area contributed by atoms with Gasteiger partial charge in [0.15, 0.2) is 0 Å². The van der Waals surface area contributed by atoms with Crippen LogP contribution in [0.5, 0.6) is 0 Å². The van der Waals surface area contributed by atoms with E-state index in [9.17, 15) is 22.8 Å². The number of nitrogens with one attached hydrogen (secondary N) is 1. The largest absolute Gasteiger partial charge is 0.416 e. The monoisotopic (exact) mass is 519 g/mol. The van der Waals surface area contributed by atoms with E-state index >= 15 is 0 Å². The van der Waals surface area contributed by atoms with Crippen molar-refractivity contribution in [3.8, 4) is 10.4 Å². The molecule has 1 saturated heterocycles. The van der Waals surface area contributed by atoms with Crippen LogP contribution >= 0.6 is 22.9 Å². The number of aryl methyl sites for hydroxylation is 1. The van der Waals surface area contributed by atoms with E-state index in [1.54, 1.807) is 17.0 Å². The quantitative estimate of drug-likeness (QED) is 0.471. The van der Waals surface area contributed by atoms with E-state index in [0.717, 1.165) is 34.0 Å². The Morgan fingerprint density at radius 3 is 2.71 bits per heavy atom. The van der Waals surface area contributed by atoms with Gasteiger partial charge in [0.2, 0.25) is 0 Å². The van der Waals surface area contributed by atoms with Gasteiger partial charge in [-0.2, -0.15) is 13.2 Å². The Morgan fingerprint density at radius 2 is 1.97 bits per heavy atom. The zero-order chi connectivity index (χ0) is 24.9. The molecule has 1 unspecified atom stereocenters. The van der Waals surface area contributed by atoms with E-state index in [0.29, 0.717) is 23.2 Å². The second kappa shape index (κ2) is 8.95. The number of rotatable bonds is 5. The number of fused-ring (bicyclic) bond motifs is 1. The predicted octanol–water partition coefficient (Wildman–Crippen LogP) is 5.68. The summed E-state index contributed by atoms with van der Waals surface area (Å²) in [7, 11) is 0. The van der Waals surface area contributed by atoms with Gasteiger partial charge in [-0.3, -0.25) is 9.59 Å². The SMILES string of the molecule is Cc1nc(C(=O)N2CC3C[C@@H]3[C@H]2CNC(=O)c2cccc(C(F)(F)F)c2)c(-c2cccc(Cl)c2)s1. The Morgan fingerprint density at radius 1 is 1.20 bits per heavy atom. The van der Waals surface area contributed by atoms with Crippen molar-refractivity contribution in [3.05, 3.63) is 75.4 Å².